The van der Waals surface area contributed by atoms with E-state index in [-0.39, 0.29) is 0 Å². The Morgan fingerprint density at radius 3 is 0.986 bits per heavy atom. The average Bonchev–Trinajstić information content (AvgIpc) is 3.82. The molecule has 0 radical (unpaired) electrons. The van der Waals surface area contributed by atoms with Crippen LogP contribution in [0, 0.1) is 0 Å². The third-order valence-electron chi connectivity index (χ3n) is 13.1. The van der Waals surface area contributed by atoms with Crippen molar-refractivity contribution in [3.63, 3.8) is 0 Å². The quantitative estimate of drug-likeness (QED) is 0.128. The molecule has 0 bridgehead atoms. The maximum absolute atomic E-state index is 2.38. The van der Waals surface area contributed by atoms with Gasteiger partial charge in [-0.15, -0.1) is 11.3 Å². The molecule has 0 aliphatic heterocycles. The van der Waals surface area contributed by atoms with Crippen LogP contribution in [-0.4, -0.2) is 0 Å². The summed E-state index contributed by atoms with van der Waals surface area (Å²) >= 11 is 1.86. The Labute approximate surface area is 407 Å². The van der Waals surface area contributed by atoms with Crippen LogP contribution in [0.3, 0.4) is 0 Å². The summed E-state index contributed by atoms with van der Waals surface area (Å²) in [5.74, 6) is 0. The third kappa shape index (κ3) is 8.37. The molecule has 326 valence electrons. The van der Waals surface area contributed by atoms with Crippen molar-refractivity contribution in [2.75, 3.05) is 9.80 Å². The largest absolute Gasteiger partial charge is 0.310 e. The average molecular weight is 899 g/mol. The van der Waals surface area contributed by atoms with Crippen LogP contribution in [0.4, 0.5) is 34.1 Å². The van der Waals surface area contributed by atoms with Crippen molar-refractivity contribution in [2.24, 2.45) is 0 Å². The molecule has 0 fully saturated rings. The maximum atomic E-state index is 2.38. The van der Waals surface area contributed by atoms with Crippen molar-refractivity contribution in [2.45, 2.75) is 0 Å². The van der Waals surface area contributed by atoms with Crippen LogP contribution in [0.1, 0.15) is 0 Å². The molecule has 12 aromatic rings. The van der Waals surface area contributed by atoms with Gasteiger partial charge in [-0.1, -0.05) is 194 Å². The van der Waals surface area contributed by atoms with E-state index >= 15 is 0 Å². The molecule has 0 N–H and O–H groups in total. The molecule has 2 nitrogen and oxygen atoms in total. The first-order chi connectivity index (χ1) is 34.2. The number of hydrogen-bond donors (Lipinski definition) is 0. The molecule has 0 saturated carbocycles. The Kier molecular flexibility index (Phi) is 11.2. The van der Waals surface area contributed by atoms with Gasteiger partial charge in [0.2, 0.25) is 0 Å². The lowest BCUT2D eigenvalue weighted by atomic mass is 9.99. The lowest BCUT2D eigenvalue weighted by Crippen LogP contribution is -2.10. The van der Waals surface area contributed by atoms with Crippen molar-refractivity contribution in [1.29, 1.82) is 0 Å². The minimum atomic E-state index is 1.08. The van der Waals surface area contributed by atoms with Crippen LogP contribution in [0.2, 0.25) is 0 Å². The summed E-state index contributed by atoms with van der Waals surface area (Å²) in [7, 11) is 0. The number of anilines is 6. The molecule has 12 rings (SSSR count). The van der Waals surface area contributed by atoms with Gasteiger partial charge in [-0.2, -0.15) is 0 Å². The van der Waals surface area contributed by atoms with Crippen LogP contribution in [0.5, 0.6) is 0 Å². The highest BCUT2D eigenvalue weighted by molar-refractivity contribution is 7.25. The molecule has 0 aliphatic rings. The van der Waals surface area contributed by atoms with Gasteiger partial charge in [-0.05, 0) is 141 Å². The Morgan fingerprint density at radius 1 is 0.217 bits per heavy atom. The summed E-state index contributed by atoms with van der Waals surface area (Å²) in [6.07, 6.45) is 0. The van der Waals surface area contributed by atoms with E-state index < -0.39 is 0 Å². The highest BCUT2D eigenvalue weighted by Crippen LogP contribution is 2.43. The lowest BCUT2D eigenvalue weighted by molar-refractivity contribution is 1.28. The van der Waals surface area contributed by atoms with Gasteiger partial charge in [0, 0.05) is 54.3 Å². The zero-order valence-corrected chi connectivity index (χ0v) is 38.7. The minimum Gasteiger partial charge on any atom is -0.310 e. The van der Waals surface area contributed by atoms with Crippen LogP contribution in [0.25, 0.3) is 75.8 Å². The summed E-state index contributed by atoms with van der Waals surface area (Å²) in [6, 6.07) is 101. The second-order valence-electron chi connectivity index (χ2n) is 17.3. The first-order valence-electron chi connectivity index (χ1n) is 23.5. The fourth-order valence-electron chi connectivity index (χ4n) is 9.65. The maximum Gasteiger partial charge on any atom is 0.0467 e. The SMILES string of the molecule is c1ccc(-c2ccc(N(c3ccc(-c4ccccc4)cc3)c3cccc(-c4cccc(N(c5ccc(-c6ccccc6)cc5)c5ccc(-c6cccc7sc8ccccc8c67)cc5)c4)c3)cc2)cc1. The van der Waals surface area contributed by atoms with Crippen molar-refractivity contribution in [3.05, 3.63) is 279 Å². The molecular weight excluding hydrogens is 853 g/mol. The van der Waals surface area contributed by atoms with Crippen molar-refractivity contribution >= 4 is 65.6 Å². The number of hydrogen-bond acceptors (Lipinski definition) is 3. The predicted molar refractivity (Wildman–Crippen MR) is 296 cm³/mol. The summed E-state index contributed by atoms with van der Waals surface area (Å²) in [6.45, 7) is 0. The number of benzene rings is 11. The van der Waals surface area contributed by atoms with Gasteiger partial charge in [0.15, 0.2) is 0 Å². The summed E-state index contributed by atoms with van der Waals surface area (Å²) < 4.78 is 2.62. The lowest BCUT2D eigenvalue weighted by Gasteiger charge is -2.27. The topological polar surface area (TPSA) is 6.48 Å². The molecule has 0 spiro atoms. The normalized spacial score (nSPS) is 11.2. The second kappa shape index (κ2) is 18.5. The predicted octanol–water partition coefficient (Wildman–Crippen LogP) is 19.3. The standard InChI is InChI=1S/C66H46N2S/c1-4-15-47(16-5-1)50-29-37-56(38-30-50)67(57-39-31-51(32-40-57)48-17-6-2-7-18-48)60-23-12-21-54(45-60)55-22-13-24-61(46-55)68(58-41-33-52(34-42-58)49-19-8-3-9-20-49)59-43-35-53(36-44-59)62-26-14-28-65-66(62)63-25-10-11-27-64(63)69-65/h1-46H. The molecule has 69 heavy (non-hydrogen) atoms. The molecule has 11 aromatic carbocycles. The first-order valence-corrected chi connectivity index (χ1v) is 24.3. The van der Waals surface area contributed by atoms with E-state index in [1.165, 1.54) is 64.7 Å². The summed E-state index contributed by atoms with van der Waals surface area (Å²) in [5.41, 5.74) is 18.4. The summed E-state index contributed by atoms with van der Waals surface area (Å²) in [5, 5.41) is 2.63. The molecule has 0 aliphatic carbocycles. The molecular formula is C66H46N2S. The van der Waals surface area contributed by atoms with Crippen LogP contribution >= 0.6 is 11.3 Å². The molecule has 0 saturated heterocycles. The zero-order chi connectivity index (χ0) is 45.9. The monoisotopic (exact) mass is 898 g/mol. The van der Waals surface area contributed by atoms with Gasteiger partial charge >= 0.3 is 0 Å². The third-order valence-corrected chi connectivity index (χ3v) is 14.2. The van der Waals surface area contributed by atoms with Crippen LogP contribution < -0.4 is 9.80 Å². The molecule has 3 heteroatoms. The van der Waals surface area contributed by atoms with E-state index in [9.17, 15) is 0 Å². The van der Waals surface area contributed by atoms with E-state index in [2.05, 4.69) is 289 Å². The molecule has 1 heterocycles. The number of rotatable bonds is 11. The van der Waals surface area contributed by atoms with E-state index in [1.807, 2.05) is 11.3 Å². The van der Waals surface area contributed by atoms with Gasteiger partial charge in [0.1, 0.15) is 0 Å². The van der Waals surface area contributed by atoms with Gasteiger partial charge < -0.3 is 9.80 Å². The molecule has 1 aromatic heterocycles. The van der Waals surface area contributed by atoms with E-state index in [1.54, 1.807) is 0 Å². The van der Waals surface area contributed by atoms with Gasteiger partial charge in [0.05, 0.1) is 0 Å². The molecule has 0 unspecified atom stereocenters. The minimum absolute atomic E-state index is 1.08. The Morgan fingerprint density at radius 2 is 0.551 bits per heavy atom. The Bertz CT molecular complexity index is 3590. The molecule has 0 atom stereocenters. The fraction of sp³-hybridized carbons (Fsp3) is 0. The van der Waals surface area contributed by atoms with Gasteiger partial charge in [0.25, 0.3) is 0 Å². The van der Waals surface area contributed by atoms with Gasteiger partial charge in [-0.3, -0.25) is 0 Å². The van der Waals surface area contributed by atoms with E-state index in [0.29, 0.717) is 0 Å². The number of fused-ring (bicyclic) bond motifs is 3. The van der Waals surface area contributed by atoms with Crippen molar-refractivity contribution < 1.29 is 0 Å². The van der Waals surface area contributed by atoms with E-state index in [0.717, 1.165) is 45.3 Å². The Balaban J connectivity index is 0.930. The second-order valence-corrected chi connectivity index (χ2v) is 18.4. The molecule has 0 amide bonds. The number of nitrogens with zero attached hydrogens (tertiary/aromatic N) is 2. The van der Waals surface area contributed by atoms with E-state index in [4.69, 9.17) is 0 Å². The fourth-order valence-corrected chi connectivity index (χ4v) is 10.8. The number of thiophene rings is 1. The highest BCUT2D eigenvalue weighted by Gasteiger charge is 2.18. The van der Waals surface area contributed by atoms with Crippen molar-refractivity contribution in [1.82, 2.24) is 0 Å². The zero-order valence-electron chi connectivity index (χ0n) is 37.9. The Hall–Kier alpha value is -8.76. The van der Waals surface area contributed by atoms with Crippen molar-refractivity contribution in [3.8, 4) is 55.6 Å². The summed E-state index contributed by atoms with van der Waals surface area (Å²) in [4.78, 5) is 4.74. The first kappa shape index (κ1) is 41.7. The van der Waals surface area contributed by atoms with Crippen LogP contribution in [0.15, 0.2) is 279 Å². The van der Waals surface area contributed by atoms with Crippen LogP contribution in [-0.2, 0) is 0 Å². The smallest absolute Gasteiger partial charge is 0.0467 e. The van der Waals surface area contributed by atoms with Gasteiger partial charge in [-0.25, -0.2) is 0 Å². The highest BCUT2D eigenvalue weighted by atomic mass is 32.1.